The molecule has 2 aromatic heterocycles. The Hall–Kier alpha value is -3.15. The highest BCUT2D eigenvalue weighted by molar-refractivity contribution is 5.95. The minimum absolute atomic E-state index is 0.0219. The van der Waals surface area contributed by atoms with E-state index >= 15 is 0 Å². The largest absolute Gasteiger partial charge is 0.457 e. The molecule has 3 heterocycles. The number of ether oxygens (including phenoxy) is 1. The van der Waals surface area contributed by atoms with Crippen LogP contribution in [0.3, 0.4) is 0 Å². The summed E-state index contributed by atoms with van der Waals surface area (Å²) in [6.45, 7) is 1.81. The zero-order valence-corrected chi connectivity index (χ0v) is 16.1. The summed E-state index contributed by atoms with van der Waals surface area (Å²) in [5, 5.41) is 0.837. The Labute approximate surface area is 168 Å². The summed E-state index contributed by atoms with van der Waals surface area (Å²) in [7, 11) is 0. The highest BCUT2D eigenvalue weighted by Gasteiger charge is 2.22. The Kier molecular flexibility index (Phi) is 4.54. The lowest BCUT2D eigenvalue weighted by molar-refractivity contribution is 0.0474. The molecular formula is C23H22N2O4. The number of hydrogen-bond donors (Lipinski definition) is 0. The van der Waals surface area contributed by atoms with Crippen LogP contribution < -0.4 is 10.5 Å². The molecule has 29 heavy (non-hydrogen) atoms. The number of rotatable bonds is 4. The third-order valence-corrected chi connectivity index (χ3v) is 5.81. The summed E-state index contributed by atoms with van der Waals surface area (Å²) < 4.78 is 11.0. The van der Waals surface area contributed by atoms with Gasteiger partial charge in [-0.3, -0.25) is 0 Å². The molecular weight excluding hydrogens is 368 g/mol. The van der Waals surface area contributed by atoms with Crippen LogP contribution in [-0.4, -0.2) is 24.0 Å². The molecule has 0 radical (unpaired) electrons. The van der Waals surface area contributed by atoms with E-state index in [4.69, 9.17) is 9.15 Å². The molecule has 1 fully saturated rings. The summed E-state index contributed by atoms with van der Waals surface area (Å²) in [5.41, 5.74) is 3.78. The van der Waals surface area contributed by atoms with E-state index in [0.29, 0.717) is 22.5 Å². The van der Waals surface area contributed by atoms with E-state index in [2.05, 4.69) is 16.0 Å². The zero-order valence-electron chi connectivity index (χ0n) is 16.1. The first kappa shape index (κ1) is 17.9. The second-order valence-corrected chi connectivity index (χ2v) is 7.71. The fourth-order valence-corrected chi connectivity index (χ4v) is 4.37. The van der Waals surface area contributed by atoms with Gasteiger partial charge in [-0.25, -0.2) is 14.6 Å². The van der Waals surface area contributed by atoms with Crippen LogP contribution in [0.4, 0.5) is 5.82 Å². The first-order valence-electron chi connectivity index (χ1n) is 10.1. The molecule has 5 rings (SSSR count). The van der Waals surface area contributed by atoms with Crippen LogP contribution in [0.2, 0.25) is 0 Å². The van der Waals surface area contributed by atoms with Crippen LogP contribution in [-0.2, 0) is 24.2 Å². The van der Waals surface area contributed by atoms with Gasteiger partial charge in [-0.15, -0.1) is 0 Å². The molecule has 0 spiro atoms. The standard InChI is InChI=1S/C23H22N2O4/c26-21-13-17(19-11-15-5-3-6-16(15)12-20(19)29-21)14-28-23(27)18-7-4-8-24-22(18)25-9-1-2-10-25/h4,7-8,11-13H,1-3,5-6,9-10,14H2. The lowest BCUT2D eigenvalue weighted by Crippen LogP contribution is -2.22. The maximum absolute atomic E-state index is 12.8. The Bertz CT molecular complexity index is 1150. The summed E-state index contributed by atoms with van der Waals surface area (Å²) in [6, 6.07) is 8.93. The molecule has 0 atom stereocenters. The third kappa shape index (κ3) is 3.39. The molecule has 0 saturated carbocycles. The van der Waals surface area contributed by atoms with Crippen LogP contribution in [0.25, 0.3) is 11.0 Å². The normalized spacial score (nSPS) is 15.7. The number of hydrogen-bond acceptors (Lipinski definition) is 6. The third-order valence-electron chi connectivity index (χ3n) is 5.81. The second kappa shape index (κ2) is 7.35. The smallest absolute Gasteiger partial charge is 0.342 e. The van der Waals surface area contributed by atoms with Gasteiger partial charge in [0.2, 0.25) is 0 Å². The van der Waals surface area contributed by atoms with E-state index in [0.717, 1.165) is 50.6 Å². The fraction of sp³-hybridized carbons (Fsp3) is 0.348. The molecule has 0 amide bonds. The Morgan fingerprint density at radius 1 is 1.10 bits per heavy atom. The maximum atomic E-state index is 12.8. The zero-order chi connectivity index (χ0) is 19.8. The van der Waals surface area contributed by atoms with Crippen LogP contribution in [0, 0.1) is 0 Å². The van der Waals surface area contributed by atoms with Gasteiger partial charge in [0.15, 0.2) is 0 Å². The van der Waals surface area contributed by atoms with E-state index in [1.807, 2.05) is 6.07 Å². The van der Waals surface area contributed by atoms with Crippen LogP contribution in [0.5, 0.6) is 0 Å². The van der Waals surface area contributed by atoms with Gasteiger partial charge in [0, 0.05) is 36.3 Å². The maximum Gasteiger partial charge on any atom is 0.342 e. The van der Waals surface area contributed by atoms with Gasteiger partial charge in [0.25, 0.3) is 0 Å². The van der Waals surface area contributed by atoms with Crippen molar-refractivity contribution in [2.75, 3.05) is 18.0 Å². The molecule has 3 aromatic rings. The van der Waals surface area contributed by atoms with E-state index < -0.39 is 11.6 Å². The molecule has 1 saturated heterocycles. The Morgan fingerprint density at radius 3 is 2.72 bits per heavy atom. The van der Waals surface area contributed by atoms with Gasteiger partial charge in [0.1, 0.15) is 23.6 Å². The molecule has 6 nitrogen and oxygen atoms in total. The van der Waals surface area contributed by atoms with E-state index in [1.54, 1.807) is 18.3 Å². The number of anilines is 1. The van der Waals surface area contributed by atoms with Gasteiger partial charge in [-0.05, 0) is 67.5 Å². The van der Waals surface area contributed by atoms with Gasteiger partial charge in [-0.2, -0.15) is 0 Å². The highest BCUT2D eigenvalue weighted by Crippen LogP contribution is 2.29. The van der Waals surface area contributed by atoms with Crippen molar-refractivity contribution in [1.82, 2.24) is 4.98 Å². The number of aryl methyl sites for hydroxylation is 2. The van der Waals surface area contributed by atoms with Crippen LogP contribution in [0.1, 0.15) is 46.3 Å². The number of carbonyl (C=O) groups excluding carboxylic acids is 1. The SMILES string of the molecule is O=C(OCc1cc(=O)oc2cc3c(cc12)CCC3)c1cccnc1N1CCCC1. The summed E-state index contributed by atoms with van der Waals surface area (Å²) in [4.78, 5) is 31.4. The van der Waals surface area contributed by atoms with Crippen molar-refractivity contribution in [1.29, 1.82) is 0 Å². The minimum atomic E-state index is -0.430. The average molecular weight is 390 g/mol. The quantitative estimate of drug-likeness (QED) is 0.500. The molecule has 1 aliphatic heterocycles. The molecule has 6 heteroatoms. The molecule has 1 aromatic carbocycles. The Balaban J connectivity index is 1.43. The molecule has 0 bridgehead atoms. The number of nitrogens with zero attached hydrogens (tertiary/aromatic N) is 2. The van der Waals surface area contributed by atoms with Gasteiger partial charge in [-0.1, -0.05) is 0 Å². The summed E-state index contributed by atoms with van der Waals surface area (Å²) in [6.07, 6.45) is 7.04. The van der Waals surface area contributed by atoms with E-state index in [-0.39, 0.29) is 6.61 Å². The summed E-state index contributed by atoms with van der Waals surface area (Å²) >= 11 is 0. The van der Waals surface area contributed by atoms with Crippen molar-refractivity contribution in [3.8, 4) is 0 Å². The number of fused-ring (bicyclic) bond motifs is 2. The number of aromatic nitrogens is 1. The van der Waals surface area contributed by atoms with E-state index in [9.17, 15) is 9.59 Å². The van der Waals surface area contributed by atoms with Crippen molar-refractivity contribution < 1.29 is 13.9 Å². The summed E-state index contributed by atoms with van der Waals surface area (Å²) in [5.74, 6) is 0.243. The second-order valence-electron chi connectivity index (χ2n) is 7.71. The van der Waals surface area contributed by atoms with Gasteiger partial charge in [0.05, 0.1) is 0 Å². The lowest BCUT2D eigenvalue weighted by Gasteiger charge is -2.19. The van der Waals surface area contributed by atoms with Crippen LogP contribution >= 0.6 is 0 Å². The van der Waals surface area contributed by atoms with Crippen molar-refractivity contribution in [3.63, 3.8) is 0 Å². The molecule has 148 valence electrons. The predicted octanol–water partition coefficient (Wildman–Crippen LogP) is 3.63. The topological polar surface area (TPSA) is 72.6 Å². The average Bonchev–Trinajstić information content (AvgIpc) is 3.42. The number of pyridine rings is 1. The van der Waals surface area contributed by atoms with E-state index in [1.165, 1.54) is 17.2 Å². The Morgan fingerprint density at radius 2 is 1.90 bits per heavy atom. The molecule has 2 aliphatic rings. The number of carbonyl (C=O) groups is 1. The van der Waals surface area contributed by atoms with Gasteiger partial charge >= 0.3 is 11.6 Å². The van der Waals surface area contributed by atoms with Crippen LogP contribution in [0.15, 0.2) is 45.7 Å². The molecule has 0 unspecified atom stereocenters. The fourth-order valence-electron chi connectivity index (χ4n) is 4.37. The van der Waals surface area contributed by atoms with Crippen molar-refractivity contribution >= 4 is 22.8 Å². The van der Waals surface area contributed by atoms with Crippen molar-refractivity contribution in [2.45, 2.75) is 38.7 Å². The first-order chi connectivity index (χ1) is 14.2. The monoisotopic (exact) mass is 390 g/mol. The minimum Gasteiger partial charge on any atom is -0.457 e. The lowest BCUT2D eigenvalue weighted by atomic mass is 10.0. The highest BCUT2D eigenvalue weighted by atomic mass is 16.5. The molecule has 1 aliphatic carbocycles. The van der Waals surface area contributed by atoms with Crippen molar-refractivity contribution in [2.24, 2.45) is 0 Å². The number of esters is 1. The first-order valence-corrected chi connectivity index (χ1v) is 10.1. The molecule has 0 N–H and O–H groups in total. The van der Waals surface area contributed by atoms with Crippen molar-refractivity contribution in [3.05, 3.63) is 69.2 Å². The number of benzene rings is 1. The predicted molar refractivity (Wildman–Crippen MR) is 109 cm³/mol. The van der Waals surface area contributed by atoms with Gasteiger partial charge < -0.3 is 14.1 Å².